The smallest absolute Gasteiger partial charge is 0.277 e. The summed E-state index contributed by atoms with van der Waals surface area (Å²) < 4.78 is 11.0. The summed E-state index contributed by atoms with van der Waals surface area (Å²) in [4.78, 5) is 8.41. The van der Waals surface area contributed by atoms with Gasteiger partial charge in [0.05, 0.1) is 5.25 Å². The van der Waals surface area contributed by atoms with Crippen LogP contribution >= 0.6 is 11.8 Å². The SMILES string of the molecule is CC(Sc1nnc(-c2ccncc2)o1)c1nc(C(C)(C)C)no1. The van der Waals surface area contributed by atoms with Crippen molar-refractivity contribution in [3.8, 4) is 11.5 Å². The van der Waals surface area contributed by atoms with E-state index in [0.29, 0.717) is 22.8 Å². The Labute approximate surface area is 137 Å². The van der Waals surface area contributed by atoms with Crippen molar-refractivity contribution in [2.24, 2.45) is 0 Å². The van der Waals surface area contributed by atoms with Gasteiger partial charge in [0.2, 0.25) is 11.8 Å². The van der Waals surface area contributed by atoms with Gasteiger partial charge >= 0.3 is 0 Å². The molecule has 0 saturated heterocycles. The van der Waals surface area contributed by atoms with E-state index in [1.54, 1.807) is 12.4 Å². The lowest BCUT2D eigenvalue weighted by Crippen LogP contribution is -2.13. The number of hydrogen-bond donors (Lipinski definition) is 0. The van der Waals surface area contributed by atoms with Gasteiger partial charge < -0.3 is 8.94 Å². The number of thioether (sulfide) groups is 1. The van der Waals surface area contributed by atoms with Crippen LogP contribution in [-0.4, -0.2) is 25.3 Å². The van der Waals surface area contributed by atoms with E-state index in [-0.39, 0.29) is 10.7 Å². The summed E-state index contributed by atoms with van der Waals surface area (Å²) in [6.45, 7) is 8.08. The van der Waals surface area contributed by atoms with Crippen LogP contribution in [0.4, 0.5) is 0 Å². The number of nitrogens with zero attached hydrogens (tertiary/aromatic N) is 5. The highest BCUT2D eigenvalue weighted by Crippen LogP contribution is 2.35. The molecule has 8 heteroatoms. The van der Waals surface area contributed by atoms with Crippen molar-refractivity contribution in [3.63, 3.8) is 0 Å². The fraction of sp³-hybridized carbons (Fsp3) is 0.400. The zero-order valence-electron chi connectivity index (χ0n) is 13.3. The molecule has 0 N–H and O–H groups in total. The molecule has 1 atom stereocenters. The van der Waals surface area contributed by atoms with Crippen molar-refractivity contribution < 1.29 is 8.94 Å². The van der Waals surface area contributed by atoms with Crippen LogP contribution in [0.3, 0.4) is 0 Å². The van der Waals surface area contributed by atoms with Crippen LogP contribution in [0, 0.1) is 0 Å². The summed E-state index contributed by atoms with van der Waals surface area (Å²) in [6.07, 6.45) is 3.36. The molecule has 0 spiro atoms. The molecule has 0 fully saturated rings. The van der Waals surface area contributed by atoms with E-state index in [2.05, 4.69) is 25.3 Å². The zero-order chi connectivity index (χ0) is 16.4. The van der Waals surface area contributed by atoms with Crippen LogP contribution < -0.4 is 0 Å². The van der Waals surface area contributed by atoms with Crippen LogP contribution in [0.1, 0.15) is 44.7 Å². The Hall–Kier alpha value is -2.22. The average molecular weight is 331 g/mol. The Morgan fingerprint density at radius 1 is 1.13 bits per heavy atom. The molecule has 0 amide bonds. The Kier molecular flexibility index (Phi) is 4.16. The van der Waals surface area contributed by atoms with Crippen molar-refractivity contribution in [3.05, 3.63) is 36.2 Å². The van der Waals surface area contributed by atoms with E-state index in [1.165, 1.54) is 11.8 Å². The maximum Gasteiger partial charge on any atom is 0.277 e. The minimum atomic E-state index is -0.148. The minimum Gasteiger partial charge on any atom is -0.411 e. The van der Waals surface area contributed by atoms with E-state index in [0.717, 1.165) is 5.56 Å². The normalized spacial score (nSPS) is 13.2. The van der Waals surface area contributed by atoms with Gasteiger partial charge in [-0.25, -0.2) is 0 Å². The third-order valence-electron chi connectivity index (χ3n) is 3.07. The molecule has 3 rings (SSSR count). The summed E-state index contributed by atoms with van der Waals surface area (Å²) in [5.74, 6) is 1.69. The molecule has 23 heavy (non-hydrogen) atoms. The van der Waals surface area contributed by atoms with Crippen molar-refractivity contribution >= 4 is 11.8 Å². The van der Waals surface area contributed by atoms with E-state index >= 15 is 0 Å². The van der Waals surface area contributed by atoms with Gasteiger partial charge in [0.25, 0.3) is 5.22 Å². The Bertz CT molecular complexity index is 779. The highest BCUT2D eigenvalue weighted by molar-refractivity contribution is 7.99. The quantitative estimate of drug-likeness (QED) is 0.669. The second kappa shape index (κ2) is 6.11. The molecule has 3 aromatic heterocycles. The summed E-state index contributed by atoms with van der Waals surface area (Å²) in [5.41, 5.74) is 0.685. The minimum absolute atomic E-state index is 0.0793. The molecule has 3 aromatic rings. The number of rotatable bonds is 4. The molecule has 0 radical (unpaired) electrons. The number of hydrogen-bond acceptors (Lipinski definition) is 8. The van der Waals surface area contributed by atoms with Gasteiger partial charge in [-0.15, -0.1) is 10.2 Å². The molecular formula is C15H17N5O2S. The van der Waals surface area contributed by atoms with Gasteiger partial charge in [0, 0.05) is 23.4 Å². The molecule has 0 bridgehead atoms. The van der Waals surface area contributed by atoms with Crippen molar-refractivity contribution in [2.45, 2.75) is 43.6 Å². The van der Waals surface area contributed by atoms with E-state index in [4.69, 9.17) is 8.94 Å². The lowest BCUT2D eigenvalue weighted by atomic mass is 9.96. The molecule has 0 saturated carbocycles. The molecule has 0 aliphatic rings. The Morgan fingerprint density at radius 3 is 2.52 bits per heavy atom. The predicted octanol–water partition coefficient (Wildman–Crippen LogP) is 3.67. The first-order chi connectivity index (χ1) is 10.9. The summed E-state index contributed by atoms with van der Waals surface area (Å²) >= 11 is 1.38. The second-order valence-corrected chi connectivity index (χ2v) is 7.37. The monoisotopic (exact) mass is 331 g/mol. The van der Waals surface area contributed by atoms with Crippen molar-refractivity contribution in [1.82, 2.24) is 25.3 Å². The fourth-order valence-electron chi connectivity index (χ4n) is 1.78. The third kappa shape index (κ3) is 3.58. The number of pyridine rings is 1. The standard InChI is InChI=1S/C15H17N5O2S/c1-9(11-17-13(20-22-11)15(2,3)4)23-14-19-18-12(21-14)10-5-7-16-8-6-10/h5-9H,1-4H3. The fourth-order valence-corrected chi connectivity index (χ4v) is 2.49. The highest BCUT2D eigenvalue weighted by Gasteiger charge is 2.24. The van der Waals surface area contributed by atoms with E-state index in [9.17, 15) is 0 Å². The van der Waals surface area contributed by atoms with Crippen LogP contribution in [0.2, 0.25) is 0 Å². The summed E-state index contributed by atoms with van der Waals surface area (Å²) in [5, 5.41) is 12.5. The molecule has 0 aliphatic carbocycles. The van der Waals surface area contributed by atoms with Gasteiger partial charge in [-0.3, -0.25) is 4.98 Å². The molecule has 0 aromatic carbocycles. The third-order valence-corrected chi connectivity index (χ3v) is 3.99. The number of aromatic nitrogens is 5. The van der Waals surface area contributed by atoms with Gasteiger partial charge in [-0.05, 0) is 19.1 Å². The maximum atomic E-state index is 5.66. The lowest BCUT2D eigenvalue weighted by molar-refractivity contribution is 0.363. The molecule has 7 nitrogen and oxygen atoms in total. The Morgan fingerprint density at radius 2 is 1.87 bits per heavy atom. The van der Waals surface area contributed by atoms with E-state index in [1.807, 2.05) is 39.8 Å². The summed E-state index contributed by atoms with van der Waals surface area (Å²) in [6, 6.07) is 3.64. The van der Waals surface area contributed by atoms with Crippen LogP contribution in [0.5, 0.6) is 0 Å². The van der Waals surface area contributed by atoms with Gasteiger partial charge in [-0.2, -0.15) is 4.98 Å². The highest BCUT2D eigenvalue weighted by atomic mass is 32.2. The molecule has 1 unspecified atom stereocenters. The van der Waals surface area contributed by atoms with Crippen LogP contribution in [-0.2, 0) is 5.41 Å². The zero-order valence-corrected chi connectivity index (χ0v) is 14.2. The molecular weight excluding hydrogens is 314 g/mol. The van der Waals surface area contributed by atoms with Gasteiger partial charge in [0.15, 0.2) is 5.82 Å². The molecule has 120 valence electrons. The van der Waals surface area contributed by atoms with Crippen molar-refractivity contribution in [2.75, 3.05) is 0 Å². The predicted molar refractivity (Wildman–Crippen MR) is 84.8 cm³/mol. The maximum absolute atomic E-state index is 5.66. The first kappa shape index (κ1) is 15.7. The second-order valence-electron chi connectivity index (χ2n) is 6.08. The summed E-state index contributed by atoms with van der Waals surface area (Å²) in [7, 11) is 0. The van der Waals surface area contributed by atoms with Gasteiger partial charge in [-0.1, -0.05) is 37.7 Å². The Balaban J connectivity index is 1.72. The van der Waals surface area contributed by atoms with Gasteiger partial charge in [0.1, 0.15) is 0 Å². The van der Waals surface area contributed by atoms with Crippen LogP contribution in [0.25, 0.3) is 11.5 Å². The molecule has 0 aliphatic heterocycles. The molecule has 3 heterocycles. The van der Waals surface area contributed by atoms with Crippen molar-refractivity contribution in [1.29, 1.82) is 0 Å². The lowest BCUT2D eigenvalue weighted by Gasteiger charge is -2.11. The average Bonchev–Trinajstić information content (AvgIpc) is 3.17. The van der Waals surface area contributed by atoms with E-state index < -0.39 is 0 Å². The first-order valence-electron chi connectivity index (χ1n) is 7.18. The van der Waals surface area contributed by atoms with Crippen LogP contribution in [0.15, 0.2) is 38.7 Å². The topological polar surface area (TPSA) is 90.7 Å². The first-order valence-corrected chi connectivity index (χ1v) is 8.06. The largest absolute Gasteiger partial charge is 0.411 e.